The van der Waals surface area contributed by atoms with Crippen molar-refractivity contribution in [1.82, 2.24) is 24.6 Å². The molecule has 3 heterocycles. The van der Waals surface area contributed by atoms with Crippen LogP contribution in [0.4, 0.5) is 10.2 Å². The number of methoxy groups -OCH3 is 1. The molecule has 4 rings (SSSR count). The van der Waals surface area contributed by atoms with E-state index >= 15 is 4.39 Å². The summed E-state index contributed by atoms with van der Waals surface area (Å²) in [7, 11) is 1.56. The van der Waals surface area contributed by atoms with Crippen LogP contribution in [0.2, 0.25) is 5.02 Å². The number of imidazole rings is 1. The molecule has 28 heavy (non-hydrogen) atoms. The van der Waals surface area contributed by atoms with E-state index in [9.17, 15) is 4.79 Å². The van der Waals surface area contributed by atoms with Gasteiger partial charge in [0.25, 0.3) is 0 Å². The Kier molecular flexibility index (Phi) is 4.70. The van der Waals surface area contributed by atoms with E-state index in [0.717, 1.165) is 0 Å². The number of halogens is 2. The maximum Gasteiger partial charge on any atom is 0.212 e. The van der Waals surface area contributed by atoms with Gasteiger partial charge in [0.15, 0.2) is 11.5 Å². The van der Waals surface area contributed by atoms with Gasteiger partial charge in [-0.05, 0) is 0 Å². The van der Waals surface area contributed by atoms with Gasteiger partial charge in [0.05, 0.1) is 41.4 Å². The van der Waals surface area contributed by atoms with Crippen molar-refractivity contribution in [2.24, 2.45) is 0 Å². The number of carbonyl (C=O) groups excluding carboxylic acids is 1. The SMILES string of the molecule is COCC(C)c1c(F)c(Cl)c(-c2cn3cc(NC=O)nc3cn2)c2cn[nH]c12. The number of benzene rings is 1. The van der Waals surface area contributed by atoms with Gasteiger partial charge in [-0.15, -0.1) is 0 Å². The molecule has 0 fully saturated rings. The molecule has 0 aliphatic heterocycles. The molecule has 0 radical (unpaired) electrons. The van der Waals surface area contributed by atoms with E-state index in [1.165, 1.54) is 6.20 Å². The minimum absolute atomic E-state index is 0.0370. The third kappa shape index (κ3) is 2.88. The molecule has 0 aliphatic rings. The fraction of sp³-hybridized carbons (Fsp3) is 0.222. The lowest BCUT2D eigenvalue weighted by atomic mass is 9.95. The van der Waals surface area contributed by atoms with Crippen LogP contribution in [0.25, 0.3) is 27.8 Å². The van der Waals surface area contributed by atoms with Crippen molar-refractivity contribution in [3.05, 3.63) is 41.2 Å². The highest BCUT2D eigenvalue weighted by atomic mass is 35.5. The van der Waals surface area contributed by atoms with Crippen molar-refractivity contribution >= 4 is 40.4 Å². The molecule has 3 aromatic heterocycles. The highest BCUT2D eigenvalue weighted by Gasteiger charge is 2.25. The number of nitrogens with one attached hydrogen (secondary N) is 2. The molecule has 1 unspecified atom stereocenters. The number of fused-ring (bicyclic) bond motifs is 2. The molecule has 0 saturated carbocycles. The number of hydrogen-bond donors (Lipinski definition) is 2. The van der Waals surface area contributed by atoms with E-state index < -0.39 is 5.82 Å². The summed E-state index contributed by atoms with van der Waals surface area (Å²) in [5, 5.41) is 10.0. The summed E-state index contributed by atoms with van der Waals surface area (Å²) in [6, 6.07) is 0. The van der Waals surface area contributed by atoms with Crippen LogP contribution in [0, 0.1) is 5.82 Å². The second-order valence-electron chi connectivity index (χ2n) is 6.36. The Morgan fingerprint density at radius 2 is 2.25 bits per heavy atom. The summed E-state index contributed by atoms with van der Waals surface area (Å²) in [6.45, 7) is 2.20. The summed E-state index contributed by atoms with van der Waals surface area (Å²) >= 11 is 6.44. The molecule has 4 aromatic rings. The number of nitrogens with zero attached hydrogens (tertiary/aromatic N) is 4. The topological polar surface area (TPSA) is 97.2 Å². The number of aromatic amines is 1. The molecule has 1 amide bonds. The minimum Gasteiger partial charge on any atom is -0.384 e. The number of carbonyl (C=O) groups is 1. The molecular formula is C18H16ClFN6O2. The molecule has 0 bridgehead atoms. The Labute approximate surface area is 163 Å². The molecular weight excluding hydrogens is 387 g/mol. The van der Waals surface area contributed by atoms with E-state index in [4.69, 9.17) is 16.3 Å². The molecule has 0 spiro atoms. The van der Waals surface area contributed by atoms with Gasteiger partial charge in [-0.2, -0.15) is 5.10 Å². The van der Waals surface area contributed by atoms with Crippen LogP contribution in [0.5, 0.6) is 0 Å². The third-order valence-electron chi connectivity index (χ3n) is 4.54. The highest BCUT2D eigenvalue weighted by Crippen LogP contribution is 2.40. The van der Waals surface area contributed by atoms with Crippen LogP contribution >= 0.6 is 11.6 Å². The number of anilines is 1. The van der Waals surface area contributed by atoms with E-state index in [-0.39, 0.29) is 10.9 Å². The van der Waals surface area contributed by atoms with Crippen LogP contribution < -0.4 is 5.32 Å². The van der Waals surface area contributed by atoms with Gasteiger partial charge in [-0.25, -0.2) is 9.37 Å². The Hall–Kier alpha value is -3.04. The maximum absolute atomic E-state index is 15.2. The van der Waals surface area contributed by atoms with Crippen molar-refractivity contribution in [1.29, 1.82) is 0 Å². The zero-order chi connectivity index (χ0) is 19.8. The van der Waals surface area contributed by atoms with Crippen molar-refractivity contribution in [2.75, 3.05) is 19.0 Å². The number of hydrogen-bond acceptors (Lipinski definition) is 5. The fourth-order valence-corrected chi connectivity index (χ4v) is 3.64. The molecule has 8 nitrogen and oxygen atoms in total. The average molecular weight is 403 g/mol. The first-order valence-corrected chi connectivity index (χ1v) is 8.81. The quantitative estimate of drug-likeness (QED) is 0.482. The summed E-state index contributed by atoms with van der Waals surface area (Å²) in [6.07, 6.45) is 6.95. The van der Waals surface area contributed by atoms with Crippen molar-refractivity contribution in [3.8, 4) is 11.3 Å². The average Bonchev–Trinajstić information content (AvgIpc) is 3.29. The van der Waals surface area contributed by atoms with Gasteiger partial charge in [0, 0.05) is 35.7 Å². The van der Waals surface area contributed by atoms with Crippen LogP contribution in [0.3, 0.4) is 0 Å². The van der Waals surface area contributed by atoms with E-state index in [2.05, 4.69) is 25.5 Å². The first kappa shape index (κ1) is 18.3. The highest BCUT2D eigenvalue weighted by molar-refractivity contribution is 6.35. The first-order chi connectivity index (χ1) is 13.5. The number of rotatable bonds is 6. The number of H-pyrrole nitrogens is 1. The molecule has 144 valence electrons. The maximum atomic E-state index is 15.2. The van der Waals surface area contributed by atoms with E-state index in [1.54, 1.807) is 30.1 Å². The van der Waals surface area contributed by atoms with Gasteiger partial charge >= 0.3 is 0 Å². The van der Waals surface area contributed by atoms with Crippen LogP contribution in [-0.4, -0.2) is 44.7 Å². The molecule has 1 atom stereocenters. The molecule has 1 aromatic carbocycles. The van der Waals surface area contributed by atoms with Gasteiger partial charge in [-0.1, -0.05) is 18.5 Å². The second kappa shape index (κ2) is 7.17. The zero-order valence-corrected chi connectivity index (χ0v) is 15.8. The standard InChI is InChI=1S/C18H16ClFN6O2/c1-9(7-28-2)14-17(20)16(19)15(10-3-23-25-18(10)14)11-5-26-6-12(22-8-27)24-13(26)4-21-11/h3-6,8-9H,7H2,1-2H3,(H,22,27)(H,23,25). The normalized spacial score (nSPS) is 12.6. The number of amides is 1. The lowest BCUT2D eigenvalue weighted by Gasteiger charge is -2.16. The van der Waals surface area contributed by atoms with Gasteiger partial charge in [0.2, 0.25) is 6.41 Å². The molecule has 0 saturated heterocycles. The lowest BCUT2D eigenvalue weighted by Crippen LogP contribution is -2.07. The largest absolute Gasteiger partial charge is 0.384 e. The van der Waals surface area contributed by atoms with E-state index in [1.807, 2.05) is 6.92 Å². The predicted octanol–water partition coefficient (Wildman–Crippen LogP) is 3.38. The van der Waals surface area contributed by atoms with Crippen molar-refractivity contribution < 1.29 is 13.9 Å². The molecule has 10 heteroatoms. The Bertz CT molecular complexity index is 1190. The van der Waals surface area contributed by atoms with E-state index in [0.29, 0.717) is 52.2 Å². The predicted molar refractivity (Wildman–Crippen MR) is 103 cm³/mol. The van der Waals surface area contributed by atoms with Gasteiger partial charge in [0.1, 0.15) is 5.82 Å². The summed E-state index contributed by atoms with van der Waals surface area (Å²) in [4.78, 5) is 19.2. The zero-order valence-electron chi connectivity index (χ0n) is 15.0. The van der Waals surface area contributed by atoms with Gasteiger partial charge in [-0.3, -0.25) is 14.9 Å². The number of ether oxygens (including phenoxy) is 1. The second-order valence-corrected chi connectivity index (χ2v) is 6.74. The first-order valence-electron chi connectivity index (χ1n) is 8.43. The van der Waals surface area contributed by atoms with Crippen molar-refractivity contribution in [2.45, 2.75) is 12.8 Å². The van der Waals surface area contributed by atoms with Gasteiger partial charge < -0.3 is 14.5 Å². The number of aromatic nitrogens is 5. The third-order valence-corrected chi connectivity index (χ3v) is 4.90. The fourth-order valence-electron chi connectivity index (χ4n) is 3.34. The molecule has 0 aliphatic carbocycles. The lowest BCUT2D eigenvalue weighted by molar-refractivity contribution is -0.105. The monoisotopic (exact) mass is 402 g/mol. The minimum atomic E-state index is -0.534. The summed E-state index contributed by atoms with van der Waals surface area (Å²) < 4.78 is 22.1. The smallest absolute Gasteiger partial charge is 0.212 e. The van der Waals surface area contributed by atoms with Crippen LogP contribution in [-0.2, 0) is 9.53 Å². The van der Waals surface area contributed by atoms with Crippen molar-refractivity contribution in [3.63, 3.8) is 0 Å². The molecule has 2 N–H and O–H groups in total. The van der Waals surface area contributed by atoms with Crippen LogP contribution in [0.15, 0.2) is 24.8 Å². The Balaban J connectivity index is 1.93. The summed E-state index contributed by atoms with van der Waals surface area (Å²) in [5.74, 6) is -0.377. The summed E-state index contributed by atoms with van der Waals surface area (Å²) in [5.41, 5.74) is 2.38. The Morgan fingerprint density at radius 3 is 3.00 bits per heavy atom. The Morgan fingerprint density at radius 1 is 1.43 bits per heavy atom. The van der Waals surface area contributed by atoms with Crippen LogP contribution in [0.1, 0.15) is 18.4 Å².